The number of hydrogen-bond acceptors (Lipinski definition) is 7. The molecule has 10 nitrogen and oxygen atoms in total. The topological polar surface area (TPSA) is 171 Å². The summed E-state index contributed by atoms with van der Waals surface area (Å²) >= 11 is 1.43. The van der Waals surface area contributed by atoms with Crippen LogP contribution in [0.1, 0.15) is 20.3 Å². The number of carbonyl (C=O) groups excluding carboxylic acids is 3. The van der Waals surface area contributed by atoms with Crippen molar-refractivity contribution in [1.29, 1.82) is 0 Å². The number of aliphatic carboxylic acids is 1. The fraction of sp³-hybridized carbons (Fsp3) is 0.714. The highest BCUT2D eigenvalue weighted by Crippen LogP contribution is 2.02. The van der Waals surface area contributed by atoms with Gasteiger partial charge in [0, 0.05) is 0 Å². The van der Waals surface area contributed by atoms with Crippen LogP contribution in [0.2, 0.25) is 0 Å². The van der Waals surface area contributed by atoms with Crippen molar-refractivity contribution in [3.63, 3.8) is 0 Å². The minimum absolute atomic E-state index is 0.204. The van der Waals surface area contributed by atoms with Crippen LogP contribution in [0.15, 0.2) is 0 Å². The van der Waals surface area contributed by atoms with Gasteiger partial charge in [0.15, 0.2) is 0 Å². The SMILES string of the molecule is CSCCC(NC(=O)C(CO)NC(=O)C(C)NC(=O)C(C)N)C(=O)O. The fourth-order valence-corrected chi connectivity index (χ4v) is 2.14. The van der Waals surface area contributed by atoms with E-state index in [1.165, 1.54) is 25.6 Å². The van der Waals surface area contributed by atoms with Crippen LogP contribution in [0.4, 0.5) is 0 Å². The number of amides is 3. The Morgan fingerprint density at radius 1 is 1.00 bits per heavy atom. The minimum atomic E-state index is -1.33. The lowest BCUT2D eigenvalue weighted by atomic mass is 10.2. The molecule has 0 aromatic heterocycles. The summed E-state index contributed by atoms with van der Waals surface area (Å²) in [4.78, 5) is 46.7. The number of carboxylic acid groups (broad SMARTS) is 1. The number of thioether (sulfide) groups is 1. The summed E-state index contributed by atoms with van der Waals surface area (Å²) in [5.74, 6) is -2.76. The van der Waals surface area contributed by atoms with Crippen LogP contribution in [0.25, 0.3) is 0 Å². The van der Waals surface area contributed by atoms with Gasteiger partial charge in [-0.15, -0.1) is 0 Å². The molecule has 0 aliphatic carbocycles. The maximum absolute atomic E-state index is 12.1. The van der Waals surface area contributed by atoms with Gasteiger partial charge in [-0.25, -0.2) is 4.79 Å². The number of nitrogens with one attached hydrogen (secondary N) is 3. The van der Waals surface area contributed by atoms with Crippen LogP contribution in [-0.2, 0) is 19.2 Å². The van der Waals surface area contributed by atoms with E-state index < -0.39 is 54.5 Å². The van der Waals surface area contributed by atoms with Crippen LogP contribution in [0.3, 0.4) is 0 Å². The Morgan fingerprint density at radius 2 is 1.56 bits per heavy atom. The molecule has 0 aliphatic rings. The Bertz CT molecular complexity index is 488. The van der Waals surface area contributed by atoms with Crippen molar-refractivity contribution >= 4 is 35.5 Å². The van der Waals surface area contributed by atoms with Crippen molar-refractivity contribution in [2.24, 2.45) is 5.73 Å². The second kappa shape index (κ2) is 11.7. The first kappa shape index (κ1) is 23.1. The molecule has 0 aromatic rings. The van der Waals surface area contributed by atoms with E-state index in [0.717, 1.165) is 0 Å². The zero-order chi connectivity index (χ0) is 19.6. The van der Waals surface area contributed by atoms with Crippen molar-refractivity contribution in [3.05, 3.63) is 0 Å². The predicted molar refractivity (Wildman–Crippen MR) is 92.8 cm³/mol. The molecule has 7 N–H and O–H groups in total. The van der Waals surface area contributed by atoms with Gasteiger partial charge in [-0.2, -0.15) is 11.8 Å². The summed E-state index contributed by atoms with van der Waals surface area (Å²) in [6.45, 7) is 2.12. The molecule has 0 bridgehead atoms. The molecule has 4 atom stereocenters. The zero-order valence-electron chi connectivity index (χ0n) is 14.4. The molecule has 0 radical (unpaired) electrons. The van der Waals surface area contributed by atoms with Crippen LogP contribution in [0.5, 0.6) is 0 Å². The third-order valence-electron chi connectivity index (χ3n) is 3.21. The first-order chi connectivity index (χ1) is 11.6. The predicted octanol–water partition coefficient (Wildman–Crippen LogP) is -2.36. The van der Waals surface area contributed by atoms with Crippen LogP contribution < -0.4 is 21.7 Å². The zero-order valence-corrected chi connectivity index (χ0v) is 15.3. The molecule has 0 saturated carbocycles. The van der Waals surface area contributed by atoms with E-state index in [0.29, 0.717) is 5.75 Å². The van der Waals surface area contributed by atoms with Gasteiger partial charge in [-0.3, -0.25) is 14.4 Å². The van der Waals surface area contributed by atoms with Gasteiger partial charge in [0.1, 0.15) is 18.1 Å². The van der Waals surface area contributed by atoms with Crippen molar-refractivity contribution in [3.8, 4) is 0 Å². The molecule has 0 heterocycles. The minimum Gasteiger partial charge on any atom is -0.480 e. The standard InChI is InChI=1S/C14H26N4O6S/c1-7(15)11(20)16-8(2)12(21)18-10(6-19)13(22)17-9(14(23)24)4-5-25-3/h7-10,19H,4-6,15H2,1-3H3,(H,16,20)(H,17,22)(H,18,21)(H,23,24). The monoisotopic (exact) mass is 378 g/mol. The number of rotatable bonds is 11. The van der Waals surface area contributed by atoms with E-state index in [-0.39, 0.29) is 6.42 Å². The molecule has 0 saturated heterocycles. The van der Waals surface area contributed by atoms with E-state index in [1.54, 1.807) is 6.26 Å². The van der Waals surface area contributed by atoms with E-state index in [4.69, 9.17) is 10.8 Å². The van der Waals surface area contributed by atoms with Crippen LogP contribution in [-0.4, -0.2) is 76.7 Å². The normalized spacial score (nSPS) is 15.4. The van der Waals surface area contributed by atoms with Gasteiger partial charge in [0.2, 0.25) is 17.7 Å². The highest BCUT2D eigenvalue weighted by atomic mass is 32.2. The maximum Gasteiger partial charge on any atom is 0.326 e. The van der Waals surface area contributed by atoms with Gasteiger partial charge in [0.05, 0.1) is 12.6 Å². The maximum atomic E-state index is 12.1. The van der Waals surface area contributed by atoms with Gasteiger partial charge >= 0.3 is 5.97 Å². The van der Waals surface area contributed by atoms with E-state index in [1.807, 2.05) is 0 Å². The summed E-state index contributed by atoms with van der Waals surface area (Å²) < 4.78 is 0. The lowest BCUT2D eigenvalue weighted by molar-refractivity contribution is -0.142. The first-order valence-electron chi connectivity index (χ1n) is 7.63. The molecule has 0 aromatic carbocycles. The second-order valence-corrected chi connectivity index (χ2v) is 6.43. The Hall–Kier alpha value is -1.85. The Kier molecular flexibility index (Phi) is 10.8. The summed E-state index contributed by atoms with van der Waals surface area (Å²) in [6.07, 6.45) is 2.00. The molecule has 3 amide bonds. The molecule has 0 fully saturated rings. The smallest absolute Gasteiger partial charge is 0.326 e. The number of nitrogens with two attached hydrogens (primary N) is 1. The second-order valence-electron chi connectivity index (χ2n) is 5.44. The average molecular weight is 378 g/mol. The Morgan fingerprint density at radius 3 is 2.00 bits per heavy atom. The van der Waals surface area contributed by atoms with Crippen molar-refractivity contribution in [2.45, 2.75) is 44.4 Å². The molecule has 25 heavy (non-hydrogen) atoms. The molecule has 0 rings (SSSR count). The fourth-order valence-electron chi connectivity index (χ4n) is 1.67. The molecule has 0 spiro atoms. The van der Waals surface area contributed by atoms with Gasteiger partial charge in [-0.1, -0.05) is 0 Å². The summed E-state index contributed by atoms with van der Waals surface area (Å²) in [7, 11) is 0. The Balaban J connectivity index is 4.74. The van der Waals surface area contributed by atoms with Crippen LogP contribution in [0, 0.1) is 0 Å². The first-order valence-corrected chi connectivity index (χ1v) is 9.02. The lowest BCUT2D eigenvalue weighted by Gasteiger charge is -2.22. The quantitative estimate of drug-likeness (QED) is 0.232. The van der Waals surface area contributed by atoms with Gasteiger partial charge in [0.25, 0.3) is 0 Å². The van der Waals surface area contributed by atoms with Crippen molar-refractivity contribution < 1.29 is 29.4 Å². The Labute approximate surface area is 150 Å². The highest BCUT2D eigenvalue weighted by Gasteiger charge is 2.27. The summed E-state index contributed by atoms with van der Waals surface area (Å²) in [5, 5.41) is 25.3. The third kappa shape index (κ3) is 8.70. The lowest BCUT2D eigenvalue weighted by Crippen LogP contribution is -2.57. The van der Waals surface area contributed by atoms with E-state index >= 15 is 0 Å². The highest BCUT2D eigenvalue weighted by molar-refractivity contribution is 7.98. The van der Waals surface area contributed by atoms with Crippen LogP contribution >= 0.6 is 11.8 Å². The number of aliphatic hydroxyl groups excluding tert-OH is 1. The summed E-state index contributed by atoms with van der Waals surface area (Å²) in [6, 6.07) is -4.24. The number of carbonyl (C=O) groups is 4. The molecule has 11 heteroatoms. The molecule has 4 unspecified atom stereocenters. The summed E-state index contributed by atoms with van der Waals surface area (Å²) in [5.41, 5.74) is 5.38. The number of carboxylic acids is 1. The largest absolute Gasteiger partial charge is 0.480 e. The van der Waals surface area contributed by atoms with E-state index in [2.05, 4.69) is 16.0 Å². The molecule has 144 valence electrons. The molecular weight excluding hydrogens is 352 g/mol. The molecular formula is C14H26N4O6S. The van der Waals surface area contributed by atoms with Crippen molar-refractivity contribution in [1.82, 2.24) is 16.0 Å². The number of hydrogen-bond donors (Lipinski definition) is 6. The average Bonchev–Trinajstić information content (AvgIpc) is 2.55. The number of aliphatic hydroxyl groups is 1. The van der Waals surface area contributed by atoms with Crippen molar-refractivity contribution in [2.75, 3.05) is 18.6 Å². The van der Waals surface area contributed by atoms with Gasteiger partial charge < -0.3 is 31.9 Å². The third-order valence-corrected chi connectivity index (χ3v) is 3.85. The van der Waals surface area contributed by atoms with E-state index in [9.17, 15) is 24.3 Å². The molecule has 0 aliphatic heterocycles. The van der Waals surface area contributed by atoms with Gasteiger partial charge in [-0.05, 0) is 32.3 Å².